The molecular weight excluding hydrogens is 212 g/mol. The molecule has 4 heteroatoms. The zero-order valence-corrected chi connectivity index (χ0v) is 10.5. The summed E-state index contributed by atoms with van der Waals surface area (Å²) in [4.78, 5) is 0. The van der Waals surface area contributed by atoms with E-state index in [1.54, 1.807) is 0 Å². The van der Waals surface area contributed by atoms with E-state index in [0.717, 1.165) is 29.9 Å². The lowest BCUT2D eigenvalue weighted by atomic mass is 9.84. The van der Waals surface area contributed by atoms with E-state index in [1.165, 1.54) is 25.7 Å². The van der Waals surface area contributed by atoms with Crippen molar-refractivity contribution in [2.75, 3.05) is 0 Å². The molecule has 0 aromatic carbocycles. The van der Waals surface area contributed by atoms with E-state index in [0.29, 0.717) is 0 Å². The number of aryl methyl sites for hydroxylation is 1. The summed E-state index contributed by atoms with van der Waals surface area (Å²) in [6.45, 7) is 0. The second-order valence-corrected chi connectivity index (χ2v) is 5.80. The molecule has 0 radical (unpaired) electrons. The molecule has 4 nitrogen and oxygen atoms in total. The summed E-state index contributed by atoms with van der Waals surface area (Å²) >= 11 is 0. The molecule has 0 saturated heterocycles. The van der Waals surface area contributed by atoms with Gasteiger partial charge in [0, 0.05) is 13.2 Å². The van der Waals surface area contributed by atoms with Crippen molar-refractivity contribution in [3.63, 3.8) is 0 Å². The van der Waals surface area contributed by atoms with E-state index in [-0.39, 0.29) is 6.04 Å². The van der Waals surface area contributed by atoms with Crippen molar-refractivity contribution in [2.24, 2.45) is 30.6 Å². The van der Waals surface area contributed by atoms with Crippen LogP contribution in [0.4, 0.5) is 0 Å². The van der Waals surface area contributed by atoms with Gasteiger partial charge in [0.25, 0.3) is 0 Å². The second-order valence-electron chi connectivity index (χ2n) is 5.80. The van der Waals surface area contributed by atoms with Crippen LogP contribution in [0.2, 0.25) is 0 Å². The normalized spacial score (nSPS) is 33.2. The second kappa shape index (κ2) is 4.42. The average Bonchev–Trinajstić information content (AvgIpc) is 3.01. The van der Waals surface area contributed by atoms with E-state index < -0.39 is 0 Å². The smallest absolute Gasteiger partial charge is 0.0807 e. The largest absolute Gasteiger partial charge is 0.275 e. The Morgan fingerprint density at radius 3 is 2.94 bits per heavy atom. The van der Waals surface area contributed by atoms with Crippen LogP contribution in [0.25, 0.3) is 0 Å². The Morgan fingerprint density at radius 2 is 2.41 bits per heavy atom. The zero-order valence-electron chi connectivity index (χ0n) is 10.5. The van der Waals surface area contributed by atoms with Crippen LogP contribution in [-0.2, 0) is 7.05 Å². The van der Waals surface area contributed by atoms with Gasteiger partial charge in [0.05, 0.1) is 11.7 Å². The average molecular weight is 234 g/mol. The first-order valence-electron chi connectivity index (χ1n) is 6.72. The molecule has 2 bridgehead atoms. The van der Waals surface area contributed by atoms with E-state index in [2.05, 4.69) is 16.6 Å². The number of nitrogens with zero attached hydrogens (tertiary/aromatic N) is 2. The first-order valence-corrected chi connectivity index (χ1v) is 6.72. The van der Waals surface area contributed by atoms with Crippen LogP contribution in [0, 0.1) is 17.8 Å². The molecular formula is C13H22N4. The minimum Gasteiger partial charge on any atom is -0.275 e. The van der Waals surface area contributed by atoms with Crippen LogP contribution >= 0.6 is 0 Å². The summed E-state index contributed by atoms with van der Waals surface area (Å²) < 4.78 is 1.85. The fourth-order valence-corrected chi connectivity index (χ4v) is 3.86. The van der Waals surface area contributed by atoms with Gasteiger partial charge >= 0.3 is 0 Å². The highest BCUT2D eigenvalue weighted by atomic mass is 15.3. The standard InChI is InChI=1S/C13H22N4/c1-17-5-4-12(16-17)13(15-14)8-11-7-9-2-3-10(11)6-9/h4-5,9-11,13,15H,2-3,6-8,14H2,1H3. The zero-order chi connectivity index (χ0) is 11.8. The number of hydrazine groups is 1. The Labute approximate surface area is 103 Å². The highest BCUT2D eigenvalue weighted by molar-refractivity contribution is 5.06. The van der Waals surface area contributed by atoms with Crippen molar-refractivity contribution in [2.45, 2.75) is 38.1 Å². The fraction of sp³-hybridized carbons (Fsp3) is 0.769. The maximum absolute atomic E-state index is 5.69. The third kappa shape index (κ3) is 2.11. The Balaban J connectivity index is 1.66. The van der Waals surface area contributed by atoms with Gasteiger partial charge in [-0.25, -0.2) is 0 Å². The van der Waals surface area contributed by atoms with Crippen molar-refractivity contribution < 1.29 is 0 Å². The minimum atomic E-state index is 0.223. The van der Waals surface area contributed by atoms with E-state index in [4.69, 9.17) is 5.84 Å². The van der Waals surface area contributed by atoms with Crippen molar-refractivity contribution in [1.82, 2.24) is 15.2 Å². The molecule has 2 aliphatic carbocycles. The third-order valence-corrected chi connectivity index (χ3v) is 4.72. The SMILES string of the molecule is Cn1ccc(C(CC2CC3CCC2C3)NN)n1. The molecule has 4 atom stereocenters. The summed E-state index contributed by atoms with van der Waals surface area (Å²) in [6.07, 6.45) is 8.91. The van der Waals surface area contributed by atoms with Crippen LogP contribution < -0.4 is 11.3 Å². The first-order chi connectivity index (χ1) is 8.26. The molecule has 1 heterocycles. The third-order valence-electron chi connectivity index (χ3n) is 4.72. The lowest BCUT2D eigenvalue weighted by Crippen LogP contribution is -2.31. The monoisotopic (exact) mass is 234 g/mol. The van der Waals surface area contributed by atoms with Crippen molar-refractivity contribution in [3.8, 4) is 0 Å². The molecule has 17 heavy (non-hydrogen) atoms. The van der Waals surface area contributed by atoms with Gasteiger partial charge in [-0.1, -0.05) is 6.42 Å². The number of rotatable bonds is 4. The van der Waals surface area contributed by atoms with Crippen LogP contribution in [0.5, 0.6) is 0 Å². The summed E-state index contributed by atoms with van der Waals surface area (Å²) in [5, 5.41) is 4.46. The van der Waals surface area contributed by atoms with Gasteiger partial charge in [-0.3, -0.25) is 16.0 Å². The number of hydrogen-bond donors (Lipinski definition) is 2. The maximum Gasteiger partial charge on any atom is 0.0807 e. The highest BCUT2D eigenvalue weighted by Crippen LogP contribution is 2.50. The topological polar surface area (TPSA) is 55.9 Å². The first kappa shape index (κ1) is 11.2. The van der Waals surface area contributed by atoms with Gasteiger partial charge in [0.2, 0.25) is 0 Å². The van der Waals surface area contributed by atoms with E-state index in [9.17, 15) is 0 Å². The van der Waals surface area contributed by atoms with Gasteiger partial charge in [0.15, 0.2) is 0 Å². The van der Waals surface area contributed by atoms with Crippen LogP contribution in [-0.4, -0.2) is 9.78 Å². The molecule has 3 rings (SSSR count). The minimum absolute atomic E-state index is 0.223. The lowest BCUT2D eigenvalue weighted by molar-refractivity contribution is 0.277. The predicted octanol–water partition coefficient (Wildman–Crippen LogP) is 1.75. The van der Waals surface area contributed by atoms with Gasteiger partial charge < -0.3 is 0 Å². The van der Waals surface area contributed by atoms with Crippen LogP contribution in [0.3, 0.4) is 0 Å². The van der Waals surface area contributed by atoms with Gasteiger partial charge in [-0.2, -0.15) is 5.10 Å². The number of fused-ring (bicyclic) bond motifs is 2. The van der Waals surface area contributed by atoms with E-state index in [1.807, 2.05) is 17.9 Å². The predicted molar refractivity (Wildman–Crippen MR) is 66.8 cm³/mol. The number of nitrogens with two attached hydrogens (primary N) is 1. The molecule has 1 aromatic heterocycles. The molecule has 0 amide bonds. The molecule has 3 N–H and O–H groups in total. The highest BCUT2D eigenvalue weighted by Gasteiger charge is 2.40. The quantitative estimate of drug-likeness (QED) is 0.616. The van der Waals surface area contributed by atoms with Crippen molar-refractivity contribution >= 4 is 0 Å². The molecule has 0 aliphatic heterocycles. The molecule has 2 fully saturated rings. The van der Waals surface area contributed by atoms with Gasteiger partial charge in [-0.15, -0.1) is 0 Å². The Morgan fingerprint density at radius 1 is 1.53 bits per heavy atom. The molecule has 94 valence electrons. The summed E-state index contributed by atoms with van der Waals surface area (Å²) in [6, 6.07) is 2.29. The molecule has 2 saturated carbocycles. The number of aromatic nitrogens is 2. The van der Waals surface area contributed by atoms with E-state index >= 15 is 0 Å². The Hall–Kier alpha value is -0.870. The Bertz CT molecular complexity index is 387. The number of hydrogen-bond acceptors (Lipinski definition) is 3. The van der Waals surface area contributed by atoms with Crippen LogP contribution in [0.1, 0.15) is 43.8 Å². The number of nitrogens with one attached hydrogen (secondary N) is 1. The fourth-order valence-electron chi connectivity index (χ4n) is 3.86. The molecule has 0 spiro atoms. The van der Waals surface area contributed by atoms with Crippen LogP contribution in [0.15, 0.2) is 12.3 Å². The molecule has 1 aromatic rings. The summed E-state index contributed by atoms with van der Waals surface area (Å²) in [5.74, 6) is 8.51. The summed E-state index contributed by atoms with van der Waals surface area (Å²) in [7, 11) is 1.95. The van der Waals surface area contributed by atoms with Gasteiger partial charge in [0.1, 0.15) is 0 Å². The maximum atomic E-state index is 5.69. The van der Waals surface area contributed by atoms with Gasteiger partial charge in [-0.05, 0) is 49.5 Å². The molecule has 4 unspecified atom stereocenters. The van der Waals surface area contributed by atoms with Crippen molar-refractivity contribution in [3.05, 3.63) is 18.0 Å². The van der Waals surface area contributed by atoms with Crippen molar-refractivity contribution in [1.29, 1.82) is 0 Å². The Kier molecular flexibility index (Phi) is 2.92. The lowest BCUT2D eigenvalue weighted by Gasteiger charge is -2.25. The summed E-state index contributed by atoms with van der Waals surface area (Å²) in [5.41, 5.74) is 4.02. The molecule has 2 aliphatic rings.